The lowest BCUT2D eigenvalue weighted by Crippen LogP contribution is -2.44. The number of rotatable bonds is 5. The van der Waals surface area contributed by atoms with Gasteiger partial charge in [-0.1, -0.05) is 35.9 Å². The smallest absolute Gasteiger partial charge is 0.241 e. The second-order valence-corrected chi connectivity index (χ2v) is 5.85. The SMILES string of the molecule is Cc1ccccc1OCCC(=O)NNC(=S)Nc1cccc(Cl)c1. The van der Waals surface area contributed by atoms with Crippen LogP contribution in [0, 0.1) is 6.92 Å². The van der Waals surface area contributed by atoms with Gasteiger partial charge >= 0.3 is 0 Å². The first kappa shape index (κ1) is 18.0. The molecule has 2 rings (SSSR count). The molecule has 0 bridgehead atoms. The van der Waals surface area contributed by atoms with E-state index in [9.17, 15) is 4.79 Å². The molecule has 2 aromatic rings. The topological polar surface area (TPSA) is 62.4 Å². The zero-order valence-corrected chi connectivity index (χ0v) is 14.7. The lowest BCUT2D eigenvalue weighted by atomic mass is 10.2. The number of hydrogen-bond donors (Lipinski definition) is 3. The quantitative estimate of drug-likeness (QED) is 0.561. The summed E-state index contributed by atoms with van der Waals surface area (Å²) in [4.78, 5) is 11.8. The molecule has 0 aromatic heterocycles. The van der Waals surface area contributed by atoms with E-state index in [1.165, 1.54) is 0 Å². The van der Waals surface area contributed by atoms with Crippen LogP contribution >= 0.6 is 23.8 Å². The summed E-state index contributed by atoms with van der Waals surface area (Å²) < 4.78 is 5.57. The maximum Gasteiger partial charge on any atom is 0.241 e. The van der Waals surface area contributed by atoms with Gasteiger partial charge in [-0.25, -0.2) is 0 Å². The zero-order valence-electron chi connectivity index (χ0n) is 13.1. The minimum atomic E-state index is -0.223. The van der Waals surface area contributed by atoms with Gasteiger partial charge in [-0.05, 0) is 49.0 Å². The van der Waals surface area contributed by atoms with Crippen molar-refractivity contribution in [2.45, 2.75) is 13.3 Å². The summed E-state index contributed by atoms with van der Waals surface area (Å²) >= 11 is 11.0. The van der Waals surface area contributed by atoms with E-state index in [0.717, 1.165) is 17.0 Å². The van der Waals surface area contributed by atoms with Crippen molar-refractivity contribution in [3.05, 3.63) is 59.1 Å². The third-order valence-corrected chi connectivity index (χ3v) is 3.52. The van der Waals surface area contributed by atoms with E-state index in [0.29, 0.717) is 5.02 Å². The highest BCUT2D eigenvalue weighted by Crippen LogP contribution is 2.16. The van der Waals surface area contributed by atoms with Gasteiger partial charge in [0.05, 0.1) is 13.0 Å². The zero-order chi connectivity index (χ0) is 17.4. The molecule has 5 nitrogen and oxygen atoms in total. The average Bonchev–Trinajstić information content (AvgIpc) is 2.55. The number of anilines is 1. The third kappa shape index (κ3) is 6.06. The van der Waals surface area contributed by atoms with Crippen LogP contribution in [-0.2, 0) is 4.79 Å². The van der Waals surface area contributed by atoms with E-state index in [2.05, 4.69) is 16.2 Å². The van der Waals surface area contributed by atoms with Crippen LogP contribution in [0.5, 0.6) is 5.75 Å². The fourth-order valence-electron chi connectivity index (χ4n) is 1.89. The molecule has 0 unspecified atom stereocenters. The molecule has 1 amide bonds. The number of benzene rings is 2. The van der Waals surface area contributed by atoms with Crippen molar-refractivity contribution in [2.24, 2.45) is 0 Å². The Balaban J connectivity index is 1.67. The lowest BCUT2D eigenvalue weighted by Gasteiger charge is -2.12. The number of carbonyl (C=O) groups is 1. The molecule has 0 saturated carbocycles. The van der Waals surface area contributed by atoms with Gasteiger partial charge in [-0.15, -0.1) is 0 Å². The predicted octanol–water partition coefficient (Wildman–Crippen LogP) is 3.44. The van der Waals surface area contributed by atoms with E-state index in [4.69, 9.17) is 28.6 Å². The number of ether oxygens (including phenoxy) is 1. The molecule has 0 saturated heterocycles. The molecule has 0 aliphatic heterocycles. The fourth-order valence-corrected chi connectivity index (χ4v) is 2.25. The van der Waals surface area contributed by atoms with Gasteiger partial charge in [0.1, 0.15) is 5.75 Å². The standard InChI is InChI=1S/C17H18ClN3O2S/c1-12-5-2-3-8-15(12)23-10-9-16(22)20-21-17(24)19-14-7-4-6-13(18)11-14/h2-8,11H,9-10H2,1H3,(H,20,22)(H2,19,21,24). The van der Waals surface area contributed by atoms with Crippen molar-refractivity contribution in [3.63, 3.8) is 0 Å². The monoisotopic (exact) mass is 363 g/mol. The second-order valence-electron chi connectivity index (χ2n) is 5.00. The number of nitrogens with one attached hydrogen (secondary N) is 3. The van der Waals surface area contributed by atoms with Gasteiger partial charge in [-0.3, -0.25) is 15.6 Å². The second kappa shape index (κ2) is 9.10. The number of aryl methyl sites for hydroxylation is 1. The van der Waals surface area contributed by atoms with Gasteiger partial charge < -0.3 is 10.1 Å². The molecule has 0 spiro atoms. The van der Waals surface area contributed by atoms with Crippen molar-refractivity contribution < 1.29 is 9.53 Å². The Hall–Kier alpha value is -2.31. The van der Waals surface area contributed by atoms with Crippen LogP contribution < -0.4 is 20.9 Å². The number of carbonyl (C=O) groups excluding carboxylic acids is 1. The number of halogens is 1. The molecule has 3 N–H and O–H groups in total. The van der Waals surface area contributed by atoms with E-state index in [-0.39, 0.29) is 24.0 Å². The van der Waals surface area contributed by atoms with Gasteiger partial charge in [0, 0.05) is 10.7 Å². The number of hydrogen-bond acceptors (Lipinski definition) is 3. The van der Waals surface area contributed by atoms with E-state index >= 15 is 0 Å². The fraction of sp³-hybridized carbons (Fsp3) is 0.176. The molecule has 0 atom stereocenters. The maximum atomic E-state index is 11.8. The van der Waals surface area contributed by atoms with Crippen molar-refractivity contribution in [1.82, 2.24) is 10.9 Å². The molecular weight excluding hydrogens is 346 g/mol. The van der Waals surface area contributed by atoms with Crippen LogP contribution in [0.3, 0.4) is 0 Å². The minimum Gasteiger partial charge on any atom is -0.493 e. The van der Waals surface area contributed by atoms with Crippen LogP contribution in [0.25, 0.3) is 0 Å². The molecular formula is C17H18ClN3O2S. The summed E-state index contributed by atoms with van der Waals surface area (Å²) in [5.41, 5.74) is 6.91. The van der Waals surface area contributed by atoms with Crippen molar-refractivity contribution in [2.75, 3.05) is 11.9 Å². The highest BCUT2D eigenvalue weighted by atomic mass is 35.5. The van der Waals surface area contributed by atoms with Crippen molar-refractivity contribution in [1.29, 1.82) is 0 Å². The summed E-state index contributed by atoms with van der Waals surface area (Å²) in [6, 6.07) is 14.8. The Morgan fingerprint density at radius 2 is 1.96 bits per heavy atom. The predicted molar refractivity (Wildman–Crippen MR) is 100 cm³/mol. The van der Waals surface area contributed by atoms with Crippen LogP contribution in [0.15, 0.2) is 48.5 Å². The van der Waals surface area contributed by atoms with Crippen LogP contribution in [0.4, 0.5) is 5.69 Å². The third-order valence-electron chi connectivity index (χ3n) is 3.08. The van der Waals surface area contributed by atoms with Crippen LogP contribution in [-0.4, -0.2) is 17.6 Å². The minimum absolute atomic E-state index is 0.209. The normalized spacial score (nSPS) is 9.92. The first-order valence-corrected chi connectivity index (χ1v) is 8.13. The molecule has 126 valence electrons. The summed E-state index contributed by atoms with van der Waals surface area (Å²) in [6.07, 6.45) is 0.209. The van der Waals surface area contributed by atoms with E-state index in [1.807, 2.05) is 37.3 Å². The molecule has 0 radical (unpaired) electrons. The Bertz CT molecular complexity index is 724. The Labute approximate surface area is 151 Å². The first-order valence-electron chi connectivity index (χ1n) is 7.34. The molecule has 7 heteroatoms. The van der Waals surface area contributed by atoms with Gasteiger partial charge in [0.2, 0.25) is 5.91 Å². The van der Waals surface area contributed by atoms with Crippen LogP contribution in [0.2, 0.25) is 5.02 Å². The number of hydrazine groups is 1. The van der Waals surface area contributed by atoms with E-state index < -0.39 is 0 Å². The summed E-state index contributed by atoms with van der Waals surface area (Å²) in [5, 5.41) is 3.78. The molecule has 0 aliphatic carbocycles. The van der Waals surface area contributed by atoms with Crippen LogP contribution in [0.1, 0.15) is 12.0 Å². The van der Waals surface area contributed by atoms with Crippen molar-refractivity contribution >= 4 is 40.5 Å². The highest BCUT2D eigenvalue weighted by molar-refractivity contribution is 7.80. The average molecular weight is 364 g/mol. The number of thiocarbonyl (C=S) groups is 1. The lowest BCUT2D eigenvalue weighted by molar-refractivity contribution is -0.122. The summed E-state index contributed by atoms with van der Waals surface area (Å²) in [7, 11) is 0. The Kier molecular flexibility index (Phi) is 6.84. The number of amides is 1. The first-order chi connectivity index (χ1) is 11.5. The van der Waals surface area contributed by atoms with Gasteiger partial charge in [-0.2, -0.15) is 0 Å². The van der Waals surface area contributed by atoms with Gasteiger partial charge in [0.15, 0.2) is 5.11 Å². The van der Waals surface area contributed by atoms with Gasteiger partial charge in [0.25, 0.3) is 0 Å². The molecule has 0 fully saturated rings. The molecule has 0 aliphatic rings. The Morgan fingerprint density at radius 1 is 1.17 bits per heavy atom. The van der Waals surface area contributed by atoms with E-state index in [1.54, 1.807) is 18.2 Å². The summed E-state index contributed by atoms with van der Waals surface area (Å²) in [5.74, 6) is 0.551. The highest BCUT2D eigenvalue weighted by Gasteiger charge is 2.04. The summed E-state index contributed by atoms with van der Waals surface area (Å²) in [6.45, 7) is 2.24. The maximum absolute atomic E-state index is 11.8. The number of para-hydroxylation sites is 1. The van der Waals surface area contributed by atoms with Crippen molar-refractivity contribution in [3.8, 4) is 5.75 Å². The molecule has 0 heterocycles. The molecule has 2 aromatic carbocycles. The molecule has 24 heavy (non-hydrogen) atoms. The largest absolute Gasteiger partial charge is 0.493 e. The Morgan fingerprint density at radius 3 is 2.71 bits per heavy atom.